The molecule has 0 aliphatic carbocycles. The minimum atomic E-state index is 0.253. The van der Waals surface area contributed by atoms with Gasteiger partial charge in [-0.15, -0.1) is 11.8 Å². The maximum absolute atomic E-state index is 6.16. The van der Waals surface area contributed by atoms with E-state index in [4.69, 9.17) is 16.3 Å². The third-order valence-corrected chi connectivity index (χ3v) is 5.35. The Balaban J connectivity index is 1.93. The molecule has 1 unspecified atom stereocenters. The van der Waals surface area contributed by atoms with Crippen molar-refractivity contribution in [2.24, 2.45) is 0 Å². The van der Waals surface area contributed by atoms with Gasteiger partial charge in [-0.25, -0.2) is 0 Å². The summed E-state index contributed by atoms with van der Waals surface area (Å²) in [6.45, 7) is 0. The fourth-order valence-corrected chi connectivity index (χ4v) is 4.14. The van der Waals surface area contributed by atoms with Crippen LogP contribution in [0.3, 0.4) is 0 Å². The molecule has 0 radical (unpaired) electrons. The van der Waals surface area contributed by atoms with E-state index in [0.29, 0.717) is 0 Å². The van der Waals surface area contributed by atoms with Crippen LogP contribution in [0.15, 0.2) is 45.8 Å². The van der Waals surface area contributed by atoms with E-state index in [0.717, 1.165) is 33.1 Å². The lowest BCUT2D eigenvalue weighted by Crippen LogP contribution is -2.16. The monoisotopic (exact) mass is 383 g/mol. The summed E-state index contributed by atoms with van der Waals surface area (Å²) in [4.78, 5) is 1.30. The van der Waals surface area contributed by atoms with Gasteiger partial charge in [0.15, 0.2) is 0 Å². The summed E-state index contributed by atoms with van der Waals surface area (Å²) >= 11 is 11.6. The Labute approximate surface area is 142 Å². The van der Waals surface area contributed by atoms with E-state index in [2.05, 4.69) is 33.4 Å². The first-order valence-electron chi connectivity index (χ1n) is 6.69. The van der Waals surface area contributed by atoms with Gasteiger partial charge in [-0.3, -0.25) is 0 Å². The molecule has 2 nitrogen and oxygen atoms in total. The topological polar surface area (TPSA) is 21.3 Å². The third kappa shape index (κ3) is 3.33. The maximum Gasteiger partial charge on any atom is 0.142 e. The Bertz CT molecular complexity index is 665. The van der Waals surface area contributed by atoms with Crippen molar-refractivity contribution < 1.29 is 4.74 Å². The highest BCUT2D eigenvalue weighted by molar-refractivity contribution is 9.10. The fourth-order valence-electron chi connectivity index (χ4n) is 2.50. The third-order valence-electron chi connectivity index (χ3n) is 3.50. The van der Waals surface area contributed by atoms with Crippen LogP contribution in [0.2, 0.25) is 5.02 Å². The van der Waals surface area contributed by atoms with Crippen LogP contribution >= 0.6 is 39.3 Å². The standard InChI is InChI=1S/C16H15BrClNOS/c1-20-15-4-2-10(17)8-14(15)19-13-6-7-21-16-5-3-11(18)9-12(13)16/h2-5,8-9,13,19H,6-7H2,1H3. The molecule has 0 spiro atoms. The van der Waals surface area contributed by atoms with Gasteiger partial charge in [-0.05, 0) is 48.4 Å². The second-order valence-electron chi connectivity index (χ2n) is 4.86. The Morgan fingerprint density at radius 2 is 2.14 bits per heavy atom. The number of nitrogens with one attached hydrogen (secondary N) is 1. The second kappa shape index (κ2) is 6.51. The van der Waals surface area contributed by atoms with E-state index in [1.165, 1.54) is 10.5 Å². The number of hydrogen-bond donors (Lipinski definition) is 1. The average molecular weight is 385 g/mol. The Kier molecular flexibility index (Phi) is 4.67. The van der Waals surface area contributed by atoms with Gasteiger partial charge in [0, 0.05) is 20.1 Å². The number of anilines is 1. The van der Waals surface area contributed by atoms with Crippen molar-refractivity contribution in [3.63, 3.8) is 0 Å². The number of halogens is 2. The highest BCUT2D eigenvalue weighted by Gasteiger charge is 2.22. The minimum Gasteiger partial charge on any atom is -0.495 e. The van der Waals surface area contributed by atoms with Crippen molar-refractivity contribution in [3.8, 4) is 5.75 Å². The molecule has 0 fully saturated rings. The first kappa shape index (κ1) is 15.1. The Morgan fingerprint density at radius 1 is 1.29 bits per heavy atom. The summed E-state index contributed by atoms with van der Waals surface area (Å²) in [5.74, 6) is 1.95. The lowest BCUT2D eigenvalue weighted by atomic mass is 10.0. The molecule has 1 aliphatic heterocycles. The number of fused-ring (bicyclic) bond motifs is 1. The number of rotatable bonds is 3. The molecule has 21 heavy (non-hydrogen) atoms. The molecule has 3 rings (SSSR count). The summed E-state index contributed by atoms with van der Waals surface area (Å²) in [7, 11) is 1.69. The van der Waals surface area contributed by atoms with E-state index >= 15 is 0 Å². The molecule has 0 bridgehead atoms. The summed E-state index contributed by atoms with van der Waals surface area (Å²) < 4.78 is 6.47. The predicted octanol–water partition coefficient (Wildman–Crippen LogP) is 5.76. The molecule has 5 heteroatoms. The molecule has 2 aromatic carbocycles. The van der Waals surface area contributed by atoms with Crippen LogP contribution in [0.25, 0.3) is 0 Å². The first-order chi connectivity index (χ1) is 10.2. The molecule has 1 heterocycles. The summed E-state index contributed by atoms with van der Waals surface area (Å²) in [5, 5.41) is 4.38. The Hall–Kier alpha value is -0.840. The highest BCUT2D eigenvalue weighted by atomic mass is 79.9. The van der Waals surface area contributed by atoms with Crippen molar-refractivity contribution in [3.05, 3.63) is 51.5 Å². The summed E-state index contributed by atoms with van der Waals surface area (Å²) in [6, 6.07) is 12.4. The number of benzene rings is 2. The summed E-state index contributed by atoms with van der Waals surface area (Å²) in [5.41, 5.74) is 2.26. The Morgan fingerprint density at radius 3 is 2.95 bits per heavy atom. The molecule has 110 valence electrons. The van der Waals surface area contributed by atoms with Gasteiger partial charge >= 0.3 is 0 Å². The largest absolute Gasteiger partial charge is 0.495 e. The van der Waals surface area contributed by atoms with Crippen molar-refractivity contribution in [1.82, 2.24) is 0 Å². The molecule has 0 saturated carbocycles. The molecule has 2 aromatic rings. The number of thioether (sulfide) groups is 1. The zero-order valence-corrected chi connectivity index (χ0v) is 14.7. The van der Waals surface area contributed by atoms with Crippen LogP contribution in [0.5, 0.6) is 5.75 Å². The molecular formula is C16H15BrClNOS. The molecule has 0 saturated heterocycles. The number of methoxy groups -OCH3 is 1. The van der Waals surface area contributed by atoms with Gasteiger partial charge in [-0.2, -0.15) is 0 Å². The van der Waals surface area contributed by atoms with E-state index in [9.17, 15) is 0 Å². The molecule has 0 aromatic heterocycles. The van der Waals surface area contributed by atoms with Gasteiger partial charge in [0.25, 0.3) is 0 Å². The van der Waals surface area contributed by atoms with Crippen molar-refractivity contribution in [2.45, 2.75) is 17.4 Å². The normalized spacial score (nSPS) is 17.2. The first-order valence-corrected chi connectivity index (χ1v) is 8.85. The smallest absolute Gasteiger partial charge is 0.142 e. The SMILES string of the molecule is COc1ccc(Br)cc1NC1CCSc2ccc(Cl)cc21. The van der Waals surface area contributed by atoms with Crippen molar-refractivity contribution in [1.29, 1.82) is 0 Å². The predicted molar refractivity (Wildman–Crippen MR) is 93.9 cm³/mol. The van der Waals surface area contributed by atoms with Gasteiger partial charge in [0.05, 0.1) is 18.8 Å². The lowest BCUT2D eigenvalue weighted by Gasteiger charge is -2.27. The van der Waals surface area contributed by atoms with E-state index in [1.54, 1.807) is 7.11 Å². The van der Waals surface area contributed by atoms with Gasteiger partial charge < -0.3 is 10.1 Å². The number of ether oxygens (including phenoxy) is 1. The fraction of sp³-hybridized carbons (Fsp3) is 0.250. The molecule has 1 atom stereocenters. The zero-order valence-electron chi connectivity index (χ0n) is 11.5. The molecule has 0 amide bonds. The molecule has 1 N–H and O–H groups in total. The van der Waals surface area contributed by atoms with E-state index in [-0.39, 0.29) is 6.04 Å². The lowest BCUT2D eigenvalue weighted by molar-refractivity contribution is 0.415. The van der Waals surface area contributed by atoms with Crippen LogP contribution in [-0.2, 0) is 0 Å². The van der Waals surface area contributed by atoms with Crippen molar-refractivity contribution in [2.75, 3.05) is 18.2 Å². The quantitative estimate of drug-likeness (QED) is 0.727. The summed E-state index contributed by atoms with van der Waals surface area (Å²) in [6.07, 6.45) is 1.06. The number of hydrogen-bond acceptors (Lipinski definition) is 3. The van der Waals surface area contributed by atoms with Gasteiger partial charge in [0.1, 0.15) is 5.75 Å². The zero-order chi connectivity index (χ0) is 14.8. The second-order valence-corrected chi connectivity index (χ2v) is 7.35. The van der Waals surface area contributed by atoms with Gasteiger partial charge in [-0.1, -0.05) is 27.5 Å². The highest BCUT2D eigenvalue weighted by Crippen LogP contribution is 2.40. The van der Waals surface area contributed by atoms with Crippen LogP contribution < -0.4 is 10.1 Å². The van der Waals surface area contributed by atoms with Crippen LogP contribution in [0.1, 0.15) is 18.0 Å². The average Bonchev–Trinajstić information content (AvgIpc) is 2.48. The van der Waals surface area contributed by atoms with Crippen LogP contribution in [0.4, 0.5) is 5.69 Å². The van der Waals surface area contributed by atoms with Crippen molar-refractivity contribution >= 4 is 45.0 Å². The van der Waals surface area contributed by atoms with E-state index in [1.807, 2.05) is 36.0 Å². The molecule has 1 aliphatic rings. The maximum atomic E-state index is 6.16. The van der Waals surface area contributed by atoms with E-state index < -0.39 is 0 Å². The van der Waals surface area contributed by atoms with Crippen LogP contribution in [0, 0.1) is 0 Å². The molecular weight excluding hydrogens is 370 g/mol. The van der Waals surface area contributed by atoms with Crippen LogP contribution in [-0.4, -0.2) is 12.9 Å². The minimum absolute atomic E-state index is 0.253. The van der Waals surface area contributed by atoms with Gasteiger partial charge in [0.2, 0.25) is 0 Å².